The highest BCUT2D eigenvalue weighted by Gasteiger charge is 2.61. The first-order valence-corrected chi connectivity index (χ1v) is 9.62. The van der Waals surface area contributed by atoms with E-state index in [9.17, 15) is 14.7 Å². The Labute approximate surface area is 153 Å². The molecule has 1 aromatic heterocycles. The van der Waals surface area contributed by atoms with E-state index in [0.29, 0.717) is 18.8 Å². The summed E-state index contributed by atoms with van der Waals surface area (Å²) in [6.45, 7) is 3.05. The van der Waals surface area contributed by atoms with Gasteiger partial charge in [-0.3, -0.25) is 14.6 Å². The SMILES string of the molecule is Cc1cnc(C(=O)N2CCC(N3C(=O)C(O)C34CCCCC4)CC2)cn1. The second-order valence-corrected chi connectivity index (χ2v) is 7.84. The molecule has 140 valence electrons. The summed E-state index contributed by atoms with van der Waals surface area (Å²) < 4.78 is 0. The Bertz CT molecular complexity index is 691. The maximum Gasteiger partial charge on any atom is 0.274 e. The van der Waals surface area contributed by atoms with Gasteiger partial charge in [0.15, 0.2) is 6.10 Å². The molecule has 1 N–H and O–H groups in total. The minimum absolute atomic E-state index is 0.0988. The lowest BCUT2D eigenvalue weighted by Gasteiger charge is -2.61. The number of nitrogens with zero attached hydrogens (tertiary/aromatic N) is 4. The summed E-state index contributed by atoms with van der Waals surface area (Å²) in [5, 5.41) is 10.3. The van der Waals surface area contributed by atoms with Crippen molar-refractivity contribution < 1.29 is 14.7 Å². The second kappa shape index (κ2) is 6.61. The Morgan fingerprint density at radius 2 is 1.85 bits per heavy atom. The van der Waals surface area contributed by atoms with E-state index in [0.717, 1.165) is 44.2 Å². The fourth-order valence-electron chi connectivity index (χ4n) is 4.86. The minimum atomic E-state index is -0.828. The molecule has 2 amide bonds. The molecule has 7 heteroatoms. The Hall–Kier alpha value is -2.02. The van der Waals surface area contributed by atoms with Crippen LogP contribution in [0, 0.1) is 6.92 Å². The van der Waals surface area contributed by atoms with Gasteiger partial charge >= 0.3 is 0 Å². The van der Waals surface area contributed by atoms with Crippen LogP contribution in [0.2, 0.25) is 0 Å². The summed E-state index contributed by atoms with van der Waals surface area (Å²) in [7, 11) is 0. The van der Waals surface area contributed by atoms with Gasteiger partial charge in [0, 0.05) is 25.3 Å². The number of rotatable bonds is 2. The number of hydrogen-bond donors (Lipinski definition) is 1. The third kappa shape index (κ3) is 2.69. The molecule has 0 aromatic carbocycles. The number of aryl methyl sites for hydroxylation is 1. The normalized spacial score (nSPS) is 26.1. The number of aliphatic hydroxyl groups excluding tert-OH is 1. The summed E-state index contributed by atoms with van der Waals surface area (Å²) in [5.41, 5.74) is 0.815. The van der Waals surface area contributed by atoms with Crippen molar-refractivity contribution >= 4 is 11.8 Å². The number of piperidine rings is 1. The zero-order valence-electron chi connectivity index (χ0n) is 15.2. The molecular weight excluding hydrogens is 332 g/mol. The molecule has 0 bridgehead atoms. The summed E-state index contributed by atoms with van der Waals surface area (Å²) in [6.07, 6.45) is 8.94. The van der Waals surface area contributed by atoms with Gasteiger partial charge in [-0.15, -0.1) is 0 Å². The Kier molecular flexibility index (Phi) is 4.42. The molecule has 2 saturated heterocycles. The average Bonchev–Trinajstić information content (AvgIpc) is 2.69. The predicted molar refractivity (Wildman–Crippen MR) is 94.4 cm³/mol. The topological polar surface area (TPSA) is 86.6 Å². The van der Waals surface area contributed by atoms with Crippen LogP contribution in [0.4, 0.5) is 0 Å². The van der Waals surface area contributed by atoms with Crippen LogP contribution in [0.3, 0.4) is 0 Å². The second-order valence-electron chi connectivity index (χ2n) is 7.84. The van der Waals surface area contributed by atoms with E-state index in [-0.39, 0.29) is 23.4 Å². The monoisotopic (exact) mass is 358 g/mol. The smallest absolute Gasteiger partial charge is 0.274 e. The van der Waals surface area contributed by atoms with Crippen molar-refractivity contribution in [3.63, 3.8) is 0 Å². The molecule has 4 rings (SSSR count). The zero-order valence-corrected chi connectivity index (χ0v) is 15.2. The molecule has 3 heterocycles. The van der Waals surface area contributed by atoms with Crippen LogP contribution in [0.5, 0.6) is 0 Å². The quantitative estimate of drug-likeness (QED) is 0.805. The Morgan fingerprint density at radius 1 is 1.15 bits per heavy atom. The average molecular weight is 358 g/mol. The van der Waals surface area contributed by atoms with Crippen LogP contribution >= 0.6 is 0 Å². The van der Waals surface area contributed by atoms with Crippen LogP contribution in [-0.4, -0.2) is 67.5 Å². The van der Waals surface area contributed by atoms with Crippen LogP contribution in [-0.2, 0) is 4.79 Å². The maximum absolute atomic E-state index is 12.6. The molecule has 1 aromatic rings. The summed E-state index contributed by atoms with van der Waals surface area (Å²) in [4.78, 5) is 37.0. The third-order valence-corrected chi connectivity index (χ3v) is 6.30. The number of carbonyl (C=O) groups excluding carboxylic acids is 2. The first-order chi connectivity index (χ1) is 12.5. The molecule has 1 saturated carbocycles. The zero-order chi connectivity index (χ0) is 18.3. The third-order valence-electron chi connectivity index (χ3n) is 6.30. The van der Waals surface area contributed by atoms with Crippen molar-refractivity contribution in [2.75, 3.05) is 13.1 Å². The molecule has 1 atom stereocenters. The molecule has 1 unspecified atom stereocenters. The molecule has 3 aliphatic rings. The number of amides is 2. The van der Waals surface area contributed by atoms with Crippen molar-refractivity contribution in [3.05, 3.63) is 23.8 Å². The van der Waals surface area contributed by atoms with Crippen LogP contribution in [0.15, 0.2) is 12.4 Å². The Morgan fingerprint density at radius 3 is 2.46 bits per heavy atom. The summed E-state index contributed by atoms with van der Waals surface area (Å²) >= 11 is 0. The van der Waals surface area contributed by atoms with Crippen LogP contribution < -0.4 is 0 Å². The van der Waals surface area contributed by atoms with E-state index in [1.807, 2.05) is 11.8 Å². The van der Waals surface area contributed by atoms with Gasteiger partial charge in [-0.05, 0) is 32.6 Å². The van der Waals surface area contributed by atoms with Gasteiger partial charge in [0.25, 0.3) is 11.8 Å². The Balaban J connectivity index is 1.41. The van der Waals surface area contributed by atoms with Crippen molar-refractivity contribution in [1.82, 2.24) is 19.8 Å². The molecule has 7 nitrogen and oxygen atoms in total. The molecule has 26 heavy (non-hydrogen) atoms. The lowest BCUT2D eigenvalue weighted by molar-refractivity contribution is -0.200. The number of aromatic nitrogens is 2. The first-order valence-electron chi connectivity index (χ1n) is 9.62. The number of carbonyl (C=O) groups is 2. The fourth-order valence-corrected chi connectivity index (χ4v) is 4.86. The minimum Gasteiger partial charge on any atom is -0.381 e. The van der Waals surface area contributed by atoms with E-state index >= 15 is 0 Å². The summed E-state index contributed by atoms with van der Waals surface area (Å²) in [5.74, 6) is -0.223. The van der Waals surface area contributed by atoms with Crippen LogP contribution in [0.25, 0.3) is 0 Å². The highest BCUT2D eigenvalue weighted by molar-refractivity contribution is 5.92. The van der Waals surface area contributed by atoms with Gasteiger partial charge in [-0.2, -0.15) is 0 Å². The van der Waals surface area contributed by atoms with Gasteiger partial charge < -0.3 is 14.9 Å². The highest BCUT2D eigenvalue weighted by atomic mass is 16.3. The number of likely N-dealkylation sites (tertiary alicyclic amines) is 2. The van der Waals surface area contributed by atoms with Crippen molar-refractivity contribution in [2.24, 2.45) is 0 Å². The van der Waals surface area contributed by atoms with E-state index in [4.69, 9.17) is 0 Å². The van der Waals surface area contributed by atoms with Gasteiger partial charge in [0.2, 0.25) is 0 Å². The predicted octanol–water partition coefficient (Wildman–Crippen LogP) is 1.30. The van der Waals surface area contributed by atoms with Crippen molar-refractivity contribution in [1.29, 1.82) is 0 Å². The molecule has 1 aliphatic carbocycles. The molecule has 2 aliphatic heterocycles. The lowest BCUT2D eigenvalue weighted by Crippen LogP contribution is -2.77. The van der Waals surface area contributed by atoms with E-state index in [1.165, 1.54) is 12.6 Å². The molecule has 0 radical (unpaired) electrons. The van der Waals surface area contributed by atoms with Gasteiger partial charge in [-0.25, -0.2) is 4.98 Å². The number of hydrogen-bond acceptors (Lipinski definition) is 5. The van der Waals surface area contributed by atoms with Gasteiger partial charge in [-0.1, -0.05) is 19.3 Å². The maximum atomic E-state index is 12.6. The standard InChI is InChI=1S/C19H26N4O3/c1-13-11-21-15(12-20-13)17(25)22-9-5-14(6-10-22)23-18(26)16(24)19(23)7-3-2-4-8-19/h11-12,14,16,24H,2-10H2,1H3. The fraction of sp³-hybridized carbons (Fsp3) is 0.684. The van der Waals surface area contributed by atoms with Crippen LogP contribution in [0.1, 0.15) is 61.1 Å². The van der Waals surface area contributed by atoms with Crippen molar-refractivity contribution in [3.8, 4) is 0 Å². The largest absolute Gasteiger partial charge is 0.381 e. The molecule has 1 spiro atoms. The van der Waals surface area contributed by atoms with Gasteiger partial charge in [0.1, 0.15) is 5.69 Å². The van der Waals surface area contributed by atoms with E-state index in [2.05, 4.69) is 9.97 Å². The van der Waals surface area contributed by atoms with E-state index in [1.54, 1.807) is 11.1 Å². The lowest BCUT2D eigenvalue weighted by atomic mass is 9.68. The highest BCUT2D eigenvalue weighted by Crippen LogP contribution is 2.46. The number of aliphatic hydroxyl groups is 1. The van der Waals surface area contributed by atoms with Gasteiger partial charge in [0.05, 0.1) is 17.4 Å². The van der Waals surface area contributed by atoms with Crippen molar-refractivity contribution in [2.45, 2.75) is 69.6 Å². The molecular formula is C19H26N4O3. The first kappa shape index (κ1) is 17.4. The number of β-lactam (4-membered cyclic amide) rings is 1. The summed E-state index contributed by atoms with van der Waals surface area (Å²) in [6, 6.07) is 0.122. The molecule has 3 fully saturated rings. The van der Waals surface area contributed by atoms with E-state index < -0.39 is 6.10 Å².